The van der Waals surface area contributed by atoms with E-state index >= 15 is 0 Å². The van der Waals surface area contributed by atoms with Gasteiger partial charge in [0.05, 0.1) is 22.5 Å². The Morgan fingerprint density at radius 2 is 1.94 bits per heavy atom. The molecule has 0 fully saturated rings. The molecule has 3 aromatic carbocycles. The third-order valence-electron chi connectivity index (χ3n) is 4.25. The monoisotopic (exact) mass is 485 g/mol. The van der Waals surface area contributed by atoms with E-state index in [1.54, 1.807) is 54.7 Å². The molecule has 0 radical (unpaired) electrons. The topological polar surface area (TPSA) is 63.6 Å². The number of aromatic nitrogens is 1. The number of benzene rings is 3. The van der Waals surface area contributed by atoms with Crippen molar-refractivity contribution in [2.24, 2.45) is 5.10 Å². The maximum Gasteiger partial charge on any atom is 0.346 e. The molecule has 0 aliphatic rings. The number of nitrogens with zero attached hydrogens (tertiary/aromatic N) is 2. The lowest BCUT2D eigenvalue weighted by Crippen LogP contribution is -2.10. The number of hydrogen-bond donors (Lipinski definition) is 1. The van der Waals surface area contributed by atoms with Gasteiger partial charge in [-0.05, 0) is 48.0 Å². The molecular weight excluding hydrogens is 472 g/mol. The minimum Gasteiger partial charge on any atom is -0.423 e. The maximum absolute atomic E-state index is 13.8. The van der Waals surface area contributed by atoms with Gasteiger partial charge in [-0.2, -0.15) is 5.10 Å². The van der Waals surface area contributed by atoms with Crippen LogP contribution in [0.25, 0.3) is 11.3 Å². The quantitative estimate of drug-likeness (QED) is 0.139. The second kappa shape index (κ2) is 9.91. The predicted molar refractivity (Wildman–Crippen MR) is 127 cm³/mol. The minimum atomic E-state index is -0.772. The van der Waals surface area contributed by atoms with Crippen LogP contribution >= 0.6 is 34.5 Å². The fourth-order valence-corrected chi connectivity index (χ4v) is 3.92. The van der Waals surface area contributed by atoms with Gasteiger partial charge in [-0.25, -0.2) is 14.2 Å². The average Bonchev–Trinajstić information content (AvgIpc) is 3.23. The van der Waals surface area contributed by atoms with Gasteiger partial charge in [0.2, 0.25) is 5.13 Å². The Hall–Kier alpha value is -3.26. The number of esters is 1. The first-order valence-corrected chi connectivity index (χ1v) is 10.9. The lowest BCUT2D eigenvalue weighted by atomic mass is 10.2. The molecule has 0 unspecified atom stereocenters. The molecule has 0 saturated carbocycles. The maximum atomic E-state index is 13.8. The highest BCUT2D eigenvalue weighted by molar-refractivity contribution is 7.14. The number of carbonyl (C=O) groups is 1. The molecule has 0 saturated heterocycles. The van der Waals surface area contributed by atoms with Gasteiger partial charge in [0.1, 0.15) is 11.6 Å². The predicted octanol–water partition coefficient (Wildman–Crippen LogP) is 6.92. The van der Waals surface area contributed by atoms with Gasteiger partial charge < -0.3 is 4.74 Å². The summed E-state index contributed by atoms with van der Waals surface area (Å²) in [6.07, 6.45) is 1.55. The van der Waals surface area contributed by atoms with Crippen LogP contribution in [-0.2, 0) is 0 Å². The highest BCUT2D eigenvalue weighted by atomic mass is 35.5. The van der Waals surface area contributed by atoms with Crippen molar-refractivity contribution in [3.05, 3.63) is 99.1 Å². The van der Waals surface area contributed by atoms with Crippen LogP contribution in [0.3, 0.4) is 0 Å². The van der Waals surface area contributed by atoms with Crippen LogP contribution in [0.4, 0.5) is 9.52 Å². The normalized spacial score (nSPS) is 11.0. The highest BCUT2D eigenvalue weighted by Gasteiger charge is 2.13. The molecule has 0 amide bonds. The van der Waals surface area contributed by atoms with Crippen LogP contribution in [0.1, 0.15) is 15.9 Å². The standard InChI is InChI=1S/C23H14Cl2FN3O2S/c24-15-8-9-17(19(25)11-15)21-13-32-23(28-21)29-27-12-14-4-3-5-16(10-14)31-22(30)18-6-1-2-7-20(18)26/h1-13H,(H,28,29)/b27-12-. The third-order valence-corrected chi connectivity index (χ3v) is 5.54. The lowest BCUT2D eigenvalue weighted by Gasteiger charge is -2.05. The molecule has 32 heavy (non-hydrogen) atoms. The van der Waals surface area contributed by atoms with Crippen LogP contribution in [0.2, 0.25) is 10.0 Å². The van der Waals surface area contributed by atoms with Gasteiger partial charge in [0, 0.05) is 16.0 Å². The smallest absolute Gasteiger partial charge is 0.346 e. The van der Waals surface area contributed by atoms with Crippen LogP contribution in [0, 0.1) is 5.82 Å². The van der Waals surface area contributed by atoms with Crippen molar-refractivity contribution in [1.29, 1.82) is 0 Å². The van der Waals surface area contributed by atoms with Gasteiger partial charge in [0.15, 0.2) is 0 Å². The summed E-state index contributed by atoms with van der Waals surface area (Å²) >= 11 is 13.5. The molecule has 4 aromatic rings. The summed E-state index contributed by atoms with van der Waals surface area (Å²) in [7, 11) is 0. The zero-order valence-corrected chi connectivity index (χ0v) is 18.6. The average molecular weight is 486 g/mol. The van der Waals surface area contributed by atoms with E-state index in [0.29, 0.717) is 26.4 Å². The Morgan fingerprint density at radius 3 is 2.75 bits per heavy atom. The minimum absolute atomic E-state index is 0.131. The molecule has 0 aliphatic carbocycles. The number of ether oxygens (including phenoxy) is 1. The first-order chi connectivity index (χ1) is 15.5. The van der Waals surface area contributed by atoms with E-state index in [2.05, 4.69) is 15.5 Å². The van der Waals surface area contributed by atoms with Crippen LogP contribution < -0.4 is 10.2 Å². The SMILES string of the molecule is O=C(Oc1cccc(/C=N\Nc2nc(-c3ccc(Cl)cc3Cl)cs2)c1)c1ccccc1F. The third kappa shape index (κ3) is 5.31. The van der Waals surface area contributed by atoms with Gasteiger partial charge in [-0.1, -0.05) is 47.5 Å². The van der Waals surface area contributed by atoms with E-state index in [1.807, 2.05) is 5.38 Å². The van der Waals surface area contributed by atoms with E-state index in [9.17, 15) is 9.18 Å². The summed E-state index contributed by atoms with van der Waals surface area (Å²) in [6, 6.07) is 17.6. The molecule has 0 bridgehead atoms. The summed E-state index contributed by atoms with van der Waals surface area (Å²) in [6.45, 7) is 0. The van der Waals surface area contributed by atoms with Crippen LogP contribution in [-0.4, -0.2) is 17.2 Å². The zero-order chi connectivity index (χ0) is 22.5. The Labute approximate surface area is 197 Å². The van der Waals surface area contributed by atoms with Crippen molar-refractivity contribution in [3.8, 4) is 17.0 Å². The van der Waals surface area contributed by atoms with Gasteiger partial charge in [-0.3, -0.25) is 5.43 Å². The van der Waals surface area contributed by atoms with Crippen molar-refractivity contribution < 1.29 is 13.9 Å². The summed E-state index contributed by atoms with van der Waals surface area (Å²) in [4.78, 5) is 16.6. The number of thiazole rings is 1. The Balaban J connectivity index is 1.41. The molecule has 1 heterocycles. The van der Waals surface area contributed by atoms with Crippen LogP contribution in [0.15, 0.2) is 77.2 Å². The largest absolute Gasteiger partial charge is 0.423 e. The first kappa shape index (κ1) is 22.0. The second-order valence-corrected chi connectivity index (χ2v) is 8.18. The number of rotatable bonds is 6. The van der Waals surface area contributed by atoms with Crippen molar-refractivity contribution in [2.45, 2.75) is 0 Å². The number of anilines is 1. The van der Waals surface area contributed by atoms with Gasteiger partial charge >= 0.3 is 5.97 Å². The fraction of sp³-hybridized carbons (Fsp3) is 0. The van der Waals surface area contributed by atoms with Crippen molar-refractivity contribution in [3.63, 3.8) is 0 Å². The van der Waals surface area contributed by atoms with E-state index < -0.39 is 11.8 Å². The molecule has 160 valence electrons. The summed E-state index contributed by atoms with van der Waals surface area (Å²) in [5, 5.41) is 7.66. The van der Waals surface area contributed by atoms with Gasteiger partial charge in [-0.15, -0.1) is 11.3 Å². The Kier molecular flexibility index (Phi) is 6.80. The van der Waals surface area contributed by atoms with E-state index in [1.165, 1.54) is 29.5 Å². The molecule has 5 nitrogen and oxygen atoms in total. The number of halogens is 3. The number of hydrazone groups is 1. The lowest BCUT2D eigenvalue weighted by molar-refractivity contribution is 0.0730. The van der Waals surface area contributed by atoms with Gasteiger partial charge in [0.25, 0.3) is 0 Å². The van der Waals surface area contributed by atoms with E-state index in [4.69, 9.17) is 27.9 Å². The van der Waals surface area contributed by atoms with E-state index in [-0.39, 0.29) is 11.3 Å². The summed E-state index contributed by atoms with van der Waals surface area (Å²) in [5.41, 5.74) is 4.88. The number of carbonyl (C=O) groups excluding carboxylic acids is 1. The number of nitrogens with one attached hydrogen (secondary N) is 1. The van der Waals surface area contributed by atoms with Crippen molar-refractivity contribution >= 4 is 51.9 Å². The summed E-state index contributed by atoms with van der Waals surface area (Å²) in [5.74, 6) is -1.13. The molecule has 1 N–H and O–H groups in total. The molecule has 9 heteroatoms. The van der Waals surface area contributed by atoms with Crippen molar-refractivity contribution in [2.75, 3.05) is 5.43 Å². The molecule has 0 aliphatic heterocycles. The zero-order valence-electron chi connectivity index (χ0n) is 16.3. The molecule has 4 rings (SSSR count). The number of hydrogen-bond acceptors (Lipinski definition) is 6. The Morgan fingerprint density at radius 1 is 1.09 bits per heavy atom. The Bertz CT molecular complexity index is 1310. The van der Waals surface area contributed by atoms with E-state index in [0.717, 1.165) is 5.56 Å². The fourth-order valence-electron chi connectivity index (χ4n) is 2.76. The second-order valence-electron chi connectivity index (χ2n) is 6.47. The molecule has 0 spiro atoms. The summed E-state index contributed by atoms with van der Waals surface area (Å²) < 4.78 is 19.0. The molecular formula is C23H14Cl2FN3O2S. The highest BCUT2D eigenvalue weighted by Crippen LogP contribution is 2.32. The first-order valence-electron chi connectivity index (χ1n) is 9.26. The molecule has 0 atom stereocenters. The molecule has 1 aromatic heterocycles. The van der Waals surface area contributed by atoms with Crippen molar-refractivity contribution in [1.82, 2.24) is 4.98 Å². The van der Waals surface area contributed by atoms with Crippen LogP contribution in [0.5, 0.6) is 5.75 Å².